The second kappa shape index (κ2) is 8.58. The Bertz CT molecular complexity index is 897. The fraction of sp³-hybridized carbons (Fsp3) is 0.222. The molecule has 1 heterocycles. The van der Waals surface area contributed by atoms with Crippen LogP contribution in [0.2, 0.25) is 5.02 Å². The number of alkyl halides is 3. The number of nitrogens with one attached hydrogen (secondary N) is 1. The van der Waals surface area contributed by atoms with Crippen LogP contribution >= 0.6 is 35.1 Å². The maximum Gasteiger partial charge on any atom is 0.419 e. The van der Waals surface area contributed by atoms with Gasteiger partial charge in [-0.3, -0.25) is 5.32 Å². The van der Waals surface area contributed by atoms with E-state index in [2.05, 4.69) is 10.3 Å². The molecule has 0 bridgehead atoms. The number of benzene rings is 2. The van der Waals surface area contributed by atoms with Gasteiger partial charge in [0, 0.05) is 10.8 Å². The van der Waals surface area contributed by atoms with E-state index in [-0.39, 0.29) is 5.69 Å². The van der Waals surface area contributed by atoms with Crippen molar-refractivity contribution in [3.05, 3.63) is 59.1 Å². The summed E-state index contributed by atoms with van der Waals surface area (Å²) in [6, 6.07) is 12.6. The Morgan fingerprint density at radius 2 is 2.00 bits per heavy atom. The molecule has 1 fully saturated rings. The van der Waals surface area contributed by atoms with Crippen LogP contribution < -0.4 is 5.32 Å². The molecule has 0 saturated carbocycles. The molecule has 0 atom stereocenters. The Kier molecular flexibility index (Phi) is 6.39. The van der Waals surface area contributed by atoms with E-state index in [0.717, 1.165) is 22.7 Å². The summed E-state index contributed by atoms with van der Waals surface area (Å²) in [5, 5.41) is 5.19. The predicted molar refractivity (Wildman–Crippen MR) is 110 cm³/mol. The van der Waals surface area contributed by atoms with Crippen LogP contribution in [0, 0.1) is 0 Å². The van der Waals surface area contributed by atoms with Gasteiger partial charge in [-0.05, 0) is 48.3 Å². The van der Waals surface area contributed by atoms with Crippen molar-refractivity contribution < 1.29 is 17.7 Å². The summed E-state index contributed by atoms with van der Waals surface area (Å²) in [6.45, 7) is 0.654. The minimum atomic E-state index is -4.44. The molecule has 0 radical (unpaired) electrons. The van der Waals surface area contributed by atoms with Gasteiger partial charge in [0.1, 0.15) is 0 Å². The molecular weight excluding hydrogens is 415 g/mol. The first-order valence-corrected chi connectivity index (χ1v) is 10.6. The van der Waals surface area contributed by atoms with Gasteiger partial charge in [-0.25, -0.2) is 4.58 Å². The molecule has 27 heavy (non-hydrogen) atoms. The van der Waals surface area contributed by atoms with Crippen LogP contribution in [0.5, 0.6) is 0 Å². The van der Waals surface area contributed by atoms with Crippen molar-refractivity contribution in [1.82, 2.24) is 0 Å². The number of anilines is 1. The molecule has 1 aliphatic heterocycles. The highest BCUT2D eigenvalue weighted by Gasteiger charge is 2.35. The highest BCUT2D eigenvalue weighted by Crippen LogP contribution is 2.37. The summed E-state index contributed by atoms with van der Waals surface area (Å²) in [7, 11) is 0. The molecule has 2 aromatic carbocycles. The summed E-state index contributed by atoms with van der Waals surface area (Å²) in [5.41, 5.74) is -0.0140. The van der Waals surface area contributed by atoms with Gasteiger partial charge < -0.3 is 0 Å². The van der Waals surface area contributed by atoms with Crippen molar-refractivity contribution in [2.24, 2.45) is 4.99 Å². The van der Waals surface area contributed by atoms with Gasteiger partial charge in [0.25, 0.3) is 10.3 Å². The smallest absolute Gasteiger partial charge is 0.267 e. The molecule has 1 aliphatic rings. The van der Waals surface area contributed by atoms with Crippen LogP contribution in [0.3, 0.4) is 0 Å². The second-order valence-corrected chi connectivity index (χ2v) is 7.85. The van der Waals surface area contributed by atoms with Crippen molar-refractivity contribution in [3.63, 3.8) is 0 Å². The van der Waals surface area contributed by atoms with Crippen molar-refractivity contribution in [3.8, 4) is 0 Å². The summed E-state index contributed by atoms with van der Waals surface area (Å²) in [4.78, 5) is 4.32. The van der Waals surface area contributed by atoms with Crippen molar-refractivity contribution in [2.75, 3.05) is 23.9 Å². The van der Waals surface area contributed by atoms with Gasteiger partial charge >= 0.3 is 6.18 Å². The van der Waals surface area contributed by atoms with Gasteiger partial charge in [-0.15, -0.1) is 0 Å². The number of amidine groups is 2. The molecule has 1 saturated heterocycles. The Morgan fingerprint density at radius 3 is 2.70 bits per heavy atom. The molecule has 3 nitrogen and oxygen atoms in total. The molecular formula is C18H16ClF3N3S2+. The van der Waals surface area contributed by atoms with E-state index in [1.54, 1.807) is 18.2 Å². The zero-order chi connectivity index (χ0) is 19.4. The standard InChI is InChI=1S/C18H15ClF3N3S2/c1-26-16(23-13-6-4-5-12(19)11-13)25-9-10-27-17(25)24-15-8-3-2-7-14(15)18(20,21)22/h2-8,11H,9-10H2,1H3/p+1. The highest BCUT2D eigenvalue weighted by molar-refractivity contribution is 8.14. The fourth-order valence-electron chi connectivity index (χ4n) is 2.52. The number of para-hydroxylation sites is 1. The summed E-state index contributed by atoms with van der Waals surface area (Å²) < 4.78 is 41.6. The first-order valence-electron chi connectivity index (χ1n) is 7.97. The van der Waals surface area contributed by atoms with Crippen LogP contribution in [0.1, 0.15) is 5.56 Å². The number of halogens is 4. The van der Waals surface area contributed by atoms with Crippen LogP contribution in [0.25, 0.3) is 0 Å². The molecule has 2 aromatic rings. The van der Waals surface area contributed by atoms with E-state index in [1.807, 2.05) is 23.0 Å². The quantitative estimate of drug-likeness (QED) is 0.472. The van der Waals surface area contributed by atoms with Crippen LogP contribution in [0.4, 0.5) is 24.5 Å². The second-order valence-electron chi connectivity index (χ2n) is 5.55. The molecule has 0 aromatic heterocycles. The normalized spacial score (nSPS) is 18.0. The maximum absolute atomic E-state index is 13.2. The van der Waals surface area contributed by atoms with E-state index in [9.17, 15) is 13.2 Å². The average Bonchev–Trinajstić information content (AvgIpc) is 3.07. The van der Waals surface area contributed by atoms with Crippen molar-refractivity contribution in [1.29, 1.82) is 0 Å². The van der Waals surface area contributed by atoms with E-state index in [0.29, 0.717) is 16.7 Å². The number of hydrogen-bond donors (Lipinski definition) is 1. The fourth-order valence-corrected chi connectivity index (χ4v) is 4.34. The zero-order valence-electron chi connectivity index (χ0n) is 14.3. The average molecular weight is 431 g/mol. The Labute approximate surface area is 168 Å². The highest BCUT2D eigenvalue weighted by atomic mass is 35.5. The third kappa shape index (κ3) is 5.00. The van der Waals surface area contributed by atoms with E-state index in [4.69, 9.17) is 11.6 Å². The monoisotopic (exact) mass is 430 g/mol. The van der Waals surface area contributed by atoms with Crippen molar-refractivity contribution >= 4 is 56.8 Å². The minimum Gasteiger partial charge on any atom is -0.267 e. The van der Waals surface area contributed by atoms with Gasteiger partial charge in [0.2, 0.25) is 0 Å². The zero-order valence-corrected chi connectivity index (χ0v) is 16.6. The molecule has 0 spiro atoms. The van der Waals surface area contributed by atoms with E-state index < -0.39 is 11.7 Å². The topological polar surface area (TPSA) is 27.4 Å². The van der Waals surface area contributed by atoms with Crippen LogP contribution in [-0.2, 0) is 6.18 Å². The predicted octanol–water partition coefficient (Wildman–Crippen LogP) is 5.94. The molecule has 0 amide bonds. The SMILES string of the molecule is CSC(Nc1cccc(Cl)c1)=[N+]1CCSC1=Nc1ccccc1C(F)(F)F. The summed E-state index contributed by atoms with van der Waals surface area (Å²) in [6.07, 6.45) is -2.54. The van der Waals surface area contributed by atoms with Gasteiger partial charge in [-0.2, -0.15) is 13.2 Å². The molecule has 1 N–H and O–H groups in total. The van der Waals surface area contributed by atoms with Gasteiger partial charge in [-0.1, -0.05) is 46.6 Å². The minimum absolute atomic E-state index is 0.0809. The lowest BCUT2D eigenvalue weighted by atomic mass is 10.2. The molecule has 9 heteroatoms. The largest absolute Gasteiger partial charge is 0.419 e. The number of rotatable bonds is 2. The number of hydrogen-bond acceptors (Lipinski definition) is 3. The Balaban J connectivity index is 1.99. The third-order valence-corrected chi connectivity index (χ3v) is 5.62. The number of aliphatic imine (C=N–C) groups is 1. The molecule has 0 aliphatic carbocycles. The van der Waals surface area contributed by atoms with Gasteiger partial charge in [0.15, 0.2) is 5.69 Å². The van der Waals surface area contributed by atoms with E-state index in [1.165, 1.54) is 35.7 Å². The number of thioether (sulfide) groups is 2. The lowest BCUT2D eigenvalue weighted by molar-refractivity contribution is -0.388. The number of nitrogens with zero attached hydrogens (tertiary/aromatic N) is 2. The Morgan fingerprint density at radius 1 is 1.22 bits per heavy atom. The van der Waals surface area contributed by atoms with Crippen molar-refractivity contribution in [2.45, 2.75) is 6.18 Å². The van der Waals surface area contributed by atoms with Gasteiger partial charge in [0.05, 0.1) is 17.8 Å². The maximum atomic E-state index is 13.2. The Hall–Kier alpha value is -1.64. The molecule has 3 rings (SSSR count). The first-order chi connectivity index (χ1) is 12.9. The van der Waals surface area contributed by atoms with E-state index >= 15 is 0 Å². The van der Waals surface area contributed by atoms with Crippen LogP contribution in [-0.4, -0.2) is 33.5 Å². The molecule has 142 valence electrons. The summed E-state index contributed by atoms with van der Waals surface area (Å²) in [5.74, 6) is 0.744. The lowest BCUT2D eigenvalue weighted by Crippen LogP contribution is -2.26. The van der Waals surface area contributed by atoms with Crippen LogP contribution in [0.15, 0.2) is 53.5 Å². The first kappa shape index (κ1) is 20.1. The summed E-state index contributed by atoms with van der Waals surface area (Å²) >= 11 is 8.92. The lowest BCUT2D eigenvalue weighted by Gasteiger charge is -2.09. The third-order valence-electron chi connectivity index (χ3n) is 3.72. The molecule has 0 unspecified atom stereocenters.